The van der Waals surface area contributed by atoms with Crippen LogP contribution < -0.4 is 10.7 Å². The fourth-order valence-corrected chi connectivity index (χ4v) is 4.38. The molecule has 1 aromatic heterocycles. The Labute approximate surface area is 257 Å². The normalized spacial score (nSPS) is 11.0. The van der Waals surface area contributed by atoms with Crippen LogP contribution in [0.25, 0.3) is 10.4 Å². The van der Waals surface area contributed by atoms with Gasteiger partial charge in [-0.15, -0.1) is 11.3 Å². The van der Waals surface area contributed by atoms with Crippen molar-refractivity contribution in [1.29, 1.82) is 0 Å². The number of aromatic hydroxyl groups is 1. The van der Waals surface area contributed by atoms with Gasteiger partial charge in [0.2, 0.25) is 0 Å². The third-order valence-electron chi connectivity index (χ3n) is 4.53. The molecule has 173 valence electrons. The number of halogens is 3. The molecule has 1 heterocycles. The van der Waals surface area contributed by atoms with Crippen LogP contribution in [0.3, 0.4) is 0 Å². The van der Waals surface area contributed by atoms with E-state index < -0.39 is 11.8 Å². The van der Waals surface area contributed by atoms with Crippen molar-refractivity contribution in [1.82, 2.24) is 10.7 Å². The second-order valence-electron chi connectivity index (χ2n) is 6.77. The minimum absolute atomic E-state index is 0. The number of aliphatic hydroxyl groups is 1. The van der Waals surface area contributed by atoms with Crippen molar-refractivity contribution in [3.63, 3.8) is 0 Å². The van der Waals surface area contributed by atoms with Crippen LogP contribution >= 0.6 is 46.1 Å². The van der Waals surface area contributed by atoms with E-state index in [2.05, 4.69) is 15.8 Å². The molecule has 34 heavy (non-hydrogen) atoms. The van der Waals surface area contributed by atoms with E-state index in [1.807, 2.05) is 0 Å². The first-order chi connectivity index (χ1) is 15.7. The average molecular weight is 566 g/mol. The van der Waals surface area contributed by atoms with Gasteiger partial charge >= 0.3 is 0 Å². The Balaban J connectivity index is 0.00000408. The van der Waals surface area contributed by atoms with Gasteiger partial charge in [0.15, 0.2) is 0 Å². The van der Waals surface area contributed by atoms with Crippen LogP contribution in [-0.2, 0) is 0 Å². The largest absolute Gasteiger partial charge is 0.506 e. The predicted octanol–water partition coefficient (Wildman–Crippen LogP) is 4.58. The van der Waals surface area contributed by atoms with Gasteiger partial charge in [0.1, 0.15) is 5.75 Å². The Kier molecular flexibility index (Phi) is 11.5. The summed E-state index contributed by atoms with van der Waals surface area (Å²) in [5.41, 5.74) is 4.33. The van der Waals surface area contributed by atoms with E-state index in [1.165, 1.54) is 29.5 Å². The molecular weight excluding hydrogens is 548 g/mol. The monoisotopic (exact) mass is 564 g/mol. The number of hydrogen-bond acceptors (Lipinski definition) is 6. The molecule has 1 radical (unpaired) electrons. The molecule has 0 saturated carbocycles. The first-order valence-corrected chi connectivity index (χ1v) is 11.5. The summed E-state index contributed by atoms with van der Waals surface area (Å²) in [7, 11) is 0. The molecule has 0 atom stereocenters. The third-order valence-corrected chi connectivity index (χ3v) is 6.60. The number of carbonyl (C=O) groups is 2. The molecule has 3 aromatic rings. The summed E-state index contributed by atoms with van der Waals surface area (Å²) in [5, 5.41) is 28.6. The fraction of sp³-hybridized carbons (Fsp3) is 0.136. The number of nitrogens with one attached hydrogen (secondary N) is 2. The van der Waals surface area contributed by atoms with Gasteiger partial charge in [-0.05, 0) is 42.8 Å². The Morgan fingerprint density at radius 3 is 2.38 bits per heavy atom. The van der Waals surface area contributed by atoms with Gasteiger partial charge in [0, 0.05) is 68.9 Å². The number of hydrazone groups is 1. The number of amides is 2. The van der Waals surface area contributed by atoms with Crippen molar-refractivity contribution in [3.05, 3.63) is 73.5 Å². The third kappa shape index (κ3) is 7.04. The second-order valence-corrected chi connectivity index (χ2v) is 8.87. The summed E-state index contributed by atoms with van der Waals surface area (Å²) in [6.07, 6.45) is 0. The molecule has 3 rings (SSSR count). The SMILES string of the molecule is CC(=NNC(=O)c1ccc(C(=O)NCCO)c(Cl)c1)c1csc(-c2ccc(Cl)c(Cl)c2)c1O.[K]. The van der Waals surface area contributed by atoms with Crippen LogP contribution in [0.1, 0.15) is 33.2 Å². The minimum Gasteiger partial charge on any atom is -0.506 e. The maximum atomic E-state index is 12.5. The smallest absolute Gasteiger partial charge is 0.271 e. The Bertz CT molecular complexity index is 1250. The second kappa shape index (κ2) is 13.4. The summed E-state index contributed by atoms with van der Waals surface area (Å²) in [5.74, 6) is -0.992. The molecule has 2 aromatic carbocycles. The molecule has 0 aliphatic heterocycles. The van der Waals surface area contributed by atoms with E-state index in [0.29, 0.717) is 31.8 Å². The summed E-state index contributed by atoms with van der Waals surface area (Å²) in [4.78, 5) is 25.0. The minimum atomic E-state index is -0.544. The summed E-state index contributed by atoms with van der Waals surface area (Å²) in [6.45, 7) is 1.53. The summed E-state index contributed by atoms with van der Waals surface area (Å²) < 4.78 is 0. The van der Waals surface area contributed by atoms with Gasteiger partial charge in [-0.3, -0.25) is 9.59 Å². The van der Waals surface area contributed by atoms with Gasteiger partial charge in [-0.2, -0.15) is 5.10 Å². The van der Waals surface area contributed by atoms with E-state index >= 15 is 0 Å². The van der Waals surface area contributed by atoms with Crippen molar-refractivity contribution in [2.45, 2.75) is 6.92 Å². The maximum absolute atomic E-state index is 12.5. The molecule has 0 spiro atoms. The first kappa shape index (κ1) is 29.2. The van der Waals surface area contributed by atoms with E-state index in [-0.39, 0.29) is 86.4 Å². The summed E-state index contributed by atoms with van der Waals surface area (Å²) in [6, 6.07) is 9.24. The Morgan fingerprint density at radius 1 is 1.00 bits per heavy atom. The van der Waals surface area contributed by atoms with Crippen LogP contribution in [0.4, 0.5) is 0 Å². The van der Waals surface area contributed by atoms with Crippen molar-refractivity contribution in [2.75, 3.05) is 13.2 Å². The number of hydrogen-bond donors (Lipinski definition) is 4. The van der Waals surface area contributed by atoms with Crippen LogP contribution in [0.15, 0.2) is 46.9 Å². The van der Waals surface area contributed by atoms with Crippen LogP contribution in [0.2, 0.25) is 15.1 Å². The van der Waals surface area contributed by atoms with Gasteiger partial charge in [-0.1, -0.05) is 40.9 Å². The molecule has 0 unspecified atom stereocenters. The molecule has 0 fully saturated rings. The molecule has 0 saturated heterocycles. The van der Waals surface area contributed by atoms with Crippen LogP contribution in [-0.4, -0.2) is 92.3 Å². The number of aliphatic hydroxyl groups excluding tert-OH is 1. The molecule has 0 aliphatic rings. The number of carbonyl (C=O) groups excluding carboxylic acids is 2. The van der Waals surface area contributed by atoms with E-state index in [1.54, 1.807) is 30.5 Å². The molecular formula is C22H18Cl3KN3O4S. The standard InChI is InChI=1S/C22H18Cl3N3O4S.K/c1-11(15-10-33-20(19(15)30)12-3-5-16(23)18(25)8-12)27-28-21(31)13-2-4-14(17(24)9-13)22(32)26-6-7-29;/h2-5,8-10,29-30H,6-7H2,1H3,(H,26,32)(H,28,31);. The predicted molar refractivity (Wildman–Crippen MR) is 138 cm³/mol. The maximum Gasteiger partial charge on any atom is 0.271 e. The zero-order chi connectivity index (χ0) is 24.1. The first-order valence-electron chi connectivity index (χ1n) is 9.52. The number of thiophene rings is 1. The van der Waals surface area contributed by atoms with Gasteiger partial charge in [0.05, 0.1) is 43.4 Å². The topological polar surface area (TPSA) is 111 Å². The van der Waals surface area contributed by atoms with Gasteiger partial charge < -0.3 is 15.5 Å². The average Bonchev–Trinajstić information content (AvgIpc) is 3.18. The Hall–Kier alpha value is -0.984. The molecule has 4 N–H and O–H groups in total. The van der Waals surface area contributed by atoms with Crippen molar-refractivity contribution >= 4 is 115 Å². The van der Waals surface area contributed by atoms with Gasteiger partial charge in [0.25, 0.3) is 11.8 Å². The molecule has 2 amide bonds. The number of benzene rings is 2. The van der Waals surface area contributed by atoms with Gasteiger partial charge in [-0.25, -0.2) is 5.43 Å². The van der Waals surface area contributed by atoms with Crippen molar-refractivity contribution in [2.24, 2.45) is 5.10 Å². The number of nitrogens with zero attached hydrogens (tertiary/aromatic N) is 1. The van der Waals surface area contributed by atoms with E-state index in [4.69, 9.17) is 39.9 Å². The zero-order valence-corrected chi connectivity index (χ0v) is 24.4. The van der Waals surface area contributed by atoms with Crippen LogP contribution in [0.5, 0.6) is 5.75 Å². The molecule has 0 bridgehead atoms. The van der Waals surface area contributed by atoms with Crippen molar-refractivity contribution in [3.8, 4) is 16.2 Å². The molecule has 0 aliphatic carbocycles. The Morgan fingerprint density at radius 2 is 1.74 bits per heavy atom. The molecule has 7 nitrogen and oxygen atoms in total. The number of rotatable bonds is 7. The summed E-state index contributed by atoms with van der Waals surface area (Å²) >= 11 is 19.4. The van der Waals surface area contributed by atoms with E-state index in [0.717, 1.165) is 0 Å². The van der Waals surface area contributed by atoms with E-state index in [9.17, 15) is 14.7 Å². The fourth-order valence-electron chi connectivity index (χ4n) is 2.82. The quantitative estimate of drug-likeness (QED) is 0.191. The zero-order valence-electron chi connectivity index (χ0n) is 18.2. The molecule has 12 heteroatoms. The van der Waals surface area contributed by atoms with Crippen molar-refractivity contribution < 1.29 is 19.8 Å². The van der Waals surface area contributed by atoms with Crippen LogP contribution in [0, 0.1) is 0 Å².